The van der Waals surface area contributed by atoms with E-state index in [9.17, 15) is 5.11 Å². The lowest BCUT2D eigenvalue weighted by molar-refractivity contribution is 0.172. The van der Waals surface area contributed by atoms with Crippen LogP contribution in [0.2, 0.25) is 0 Å². The molecule has 0 aliphatic carbocycles. The van der Waals surface area contributed by atoms with Crippen LogP contribution in [0.5, 0.6) is 5.88 Å². The summed E-state index contributed by atoms with van der Waals surface area (Å²) in [5.41, 5.74) is 1.52. The first kappa shape index (κ1) is 12.5. The van der Waals surface area contributed by atoms with Gasteiger partial charge < -0.3 is 9.84 Å². The van der Waals surface area contributed by atoms with E-state index in [4.69, 9.17) is 4.74 Å². The number of aliphatic hydroxyl groups is 1. The third kappa shape index (κ3) is 2.84. The number of methoxy groups -OCH3 is 1. The number of hydrogen-bond donors (Lipinski definition) is 1. The SMILES string of the molecule is CCn1cc(CC(O)c2cc(OC)ncn2)cn1. The number of nitrogens with zero attached hydrogens (tertiary/aromatic N) is 4. The predicted molar refractivity (Wildman–Crippen MR) is 65.1 cm³/mol. The van der Waals surface area contributed by atoms with Crippen molar-refractivity contribution in [3.8, 4) is 5.88 Å². The minimum absolute atomic E-state index is 0.448. The summed E-state index contributed by atoms with van der Waals surface area (Å²) in [7, 11) is 1.53. The molecular weight excluding hydrogens is 232 g/mol. The molecule has 2 aromatic rings. The summed E-state index contributed by atoms with van der Waals surface area (Å²) in [5.74, 6) is 0.448. The zero-order valence-electron chi connectivity index (χ0n) is 10.4. The monoisotopic (exact) mass is 248 g/mol. The van der Waals surface area contributed by atoms with E-state index in [0.717, 1.165) is 12.1 Å². The van der Waals surface area contributed by atoms with Crippen molar-refractivity contribution in [1.29, 1.82) is 0 Å². The third-order valence-corrected chi connectivity index (χ3v) is 2.65. The van der Waals surface area contributed by atoms with Crippen LogP contribution in [0.25, 0.3) is 0 Å². The van der Waals surface area contributed by atoms with Gasteiger partial charge in [0.1, 0.15) is 12.4 Å². The van der Waals surface area contributed by atoms with Gasteiger partial charge >= 0.3 is 0 Å². The van der Waals surface area contributed by atoms with Crippen LogP contribution >= 0.6 is 0 Å². The van der Waals surface area contributed by atoms with Crippen molar-refractivity contribution in [2.75, 3.05) is 7.11 Å². The first-order valence-electron chi connectivity index (χ1n) is 5.78. The van der Waals surface area contributed by atoms with Gasteiger partial charge in [-0.05, 0) is 12.5 Å². The molecule has 1 atom stereocenters. The fourth-order valence-corrected chi connectivity index (χ4v) is 1.66. The molecule has 0 bridgehead atoms. The van der Waals surface area contributed by atoms with E-state index < -0.39 is 6.10 Å². The molecule has 0 saturated carbocycles. The molecule has 18 heavy (non-hydrogen) atoms. The molecule has 6 nitrogen and oxygen atoms in total. The summed E-state index contributed by atoms with van der Waals surface area (Å²) in [6.45, 7) is 2.83. The summed E-state index contributed by atoms with van der Waals surface area (Å²) < 4.78 is 6.82. The van der Waals surface area contributed by atoms with Gasteiger partial charge in [-0.3, -0.25) is 4.68 Å². The summed E-state index contributed by atoms with van der Waals surface area (Å²) in [5, 5.41) is 14.3. The zero-order chi connectivity index (χ0) is 13.0. The molecule has 2 heterocycles. The highest BCUT2D eigenvalue weighted by Crippen LogP contribution is 2.18. The lowest BCUT2D eigenvalue weighted by Gasteiger charge is -2.09. The van der Waals surface area contributed by atoms with Gasteiger partial charge in [-0.15, -0.1) is 0 Å². The molecule has 1 N–H and O–H groups in total. The molecule has 0 amide bonds. The Labute approximate surface area is 105 Å². The lowest BCUT2D eigenvalue weighted by Crippen LogP contribution is -2.05. The molecule has 0 aliphatic rings. The van der Waals surface area contributed by atoms with Gasteiger partial charge in [-0.1, -0.05) is 0 Å². The smallest absolute Gasteiger partial charge is 0.216 e. The number of aryl methyl sites for hydroxylation is 1. The molecule has 0 spiro atoms. The minimum Gasteiger partial charge on any atom is -0.481 e. The maximum Gasteiger partial charge on any atom is 0.216 e. The van der Waals surface area contributed by atoms with E-state index >= 15 is 0 Å². The predicted octanol–water partition coefficient (Wildman–Crippen LogP) is 0.978. The normalized spacial score (nSPS) is 12.4. The molecule has 96 valence electrons. The quantitative estimate of drug-likeness (QED) is 0.853. The highest BCUT2D eigenvalue weighted by Gasteiger charge is 2.12. The van der Waals surface area contributed by atoms with Crippen LogP contribution in [-0.4, -0.2) is 32.0 Å². The van der Waals surface area contributed by atoms with Crippen molar-refractivity contribution >= 4 is 0 Å². The second-order valence-electron chi connectivity index (χ2n) is 3.91. The van der Waals surface area contributed by atoms with Gasteiger partial charge in [0.25, 0.3) is 0 Å². The van der Waals surface area contributed by atoms with Crippen molar-refractivity contribution in [3.05, 3.63) is 36.0 Å². The number of aromatic nitrogens is 4. The van der Waals surface area contributed by atoms with Crippen LogP contribution < -0.4 is 4.74 Å². The maximum atomic E-state index is 10.1. The third-order valence-electron chi connectivity index (χ3n) is 2.65. The molecule has 0 aliphatic heterocycles. The van der Waals surface area contributed by atoms with E-state index in [1.807, 2.05) is 17.8 Å². The summed E-state index contributed by atoms with van der Waals surface area (Å²) in [6.07, 6.45) is 4.84. The van der Waals surface area contributed by atoms with Crippen LogP contribution in [0.4, 0.5) is 0 Å². The Hall–Kier alpha value is -1.95. The first-order chi connectivity index (χ1) is 8.72. The van der Waals surface area contributed by atoms with E-state index in [1.54, 1.807) is 12.3 Å². The fourth-order valence-electron chi connectivity index (χ4n) is 1.66. The van der Waals surface area contributed by atoms with Gasteiger partial charge in [0.15, 0.2) is 0 Å². The van der Waals surface area contributed by atoms with Crippen LogP contribution in [0, 0.1) is 0 Å². The largest absolute Gasteiger partial charge is 0.481 e. The zero-order valence-corrected chi connectivity index (χ0v) is 10.4. The fraction of sp³-hybridized carbons (Fsp3) is 0.417. The van der Waals surface area contributed by atoms with E-state index in [2.05, 4.69) is 15.1 Å². The van der Waals surface area contributed by atoms with Crippen molar-refractivity contribution in [3.63, 3.8) is 0 Å². The molecule has 0 radical (unpaired) electrons. The molecule has 1 unspecified atom stereocenters. The second-order valence-corrected chi connectivity index (χ2v) is 3.91. The van der Waals surface area contributed by atoms with Crippen LogP contribution in [-0.2, 0) is 13.0 Å². The van der Waals surface area contributed by atoms with Gasteiger partial charge in [-0.2, -0.15) is 5.10 Å². The second kappa shape index (κ2) is 5.59. The Morgan fingerprint density at radius 2 is 2.28 bits per heavy atom. The average Bonchev–Trinajstić information content (AvgIpc) is 2.86. The summed E-state index contributed by atoms with van der Waals surface area (Å²) in [4.78, 5) is 7.95. The van der Waals surface area contributed by atoms with E-state index in [-0.39, 0.29) is 0 Å². The van der Waals surface area contributed by atoms with Gasteiger partial charge in [0.05, 0.1) is 19.0 Å². The Morgan fingerprint density at radius 1 is 1.44 bits per heavy atom. The molecule has 0 fully saturated rings. The molecule has 2 aromatic heterocycles. The van der Waals surface area contributed by atoms with Crippen LogP contribution in [0.3, 0.4) is 0 Å². The topological polar surface area (TPSA) is 73.1 Å². The van der Waals surface area contributed by atoms with Crippen LogP contribution in [0.15, 0.2) is 24.8 Å². The standard InChI is InChI=1S/C12H16N4O2/c1-3-16-7-9(6-15-16)4-11(17)10-5-12(18-2)14-8-13-10/h5-8,11,17H,3-4H2,1-2H3. The van der Waals surface area contributed by atoms with Gasteiger partial charge in [0.2, 0.25) is 5.88 Å². The van der Waals surface area contributed by atoms with Crippen molar-refractivity contribution in [1.82, 2.24) is 19.7 Å². The maximum absolute atomic E-state index is 10.1. The summed E-state index contributed by atoms with van der Waals surface area (Å²) in [6, 6.07) is 1.63. The number of rotatable bonds is 5. The Kier molecular flexibility index (Phi) is 3.88. The number of aliphatic hydroxyl groups excluding tert-OH is 1. The molecule has 0 aromatic carbocycles. The van der Waals surface area contributed by atoms with Crippen LogP contribution in [0.1, 0.15) is 24.3 Å². The Balaban J connectivity index is 2.08. The highest BCUT2D eigenvalue weighted by atomic mass is 16.5. The van der Waals surface area contributed by atoms with Crippen molar-refractivity contribution in [2.24, 2.45) is 0 Å². The molecule has 0 saturated heterocycles. The Bertz CT molecular complexity index is 512. The highest BCUT2D eigenvalue weighted by molar-refractivity contribution is 5.17. The molecule has 2 rings (SSSR count). The van der Waals surface area contributed by atoms with Gasteiger partial charge in [0, 0.05) is 25.2 Å². The molecule has 6 heteroatoms. The number of hydrogen-bond acceptors (Lipinski definition) is 5. The lowest BCUT2D eigenvalue weighted by atomic mass is 10.1. The summed E-state index contributed by atoms with van der Waals surface area (Å²) >= 11 is 0. The van der Waals surface area contributed by atoms with Crippen molar-refractivity contribution in [2.45, 2.75) is 26.0 Å². The minimum atomic E-state index is -0.684. The Morgan fingerprint density at radius 3 is 2.94 bits per heavy atom. The number of ether oxygens (including phenoxy) is 1. The van der Waals surface area contributed by atoms with E-state index in [1.165, 1.54) is 13.4 Å². The first-order valence-corrected chi connectivity index (χ1v) is 5.78. The van der Waals surface area contributed by atoms with E-state index in [0.29, 0.717) is 18.0 Å². The van der Waals surface area contributed by atoms with Crippen molar-refractivity contribution < 1.29 is 9.84 Å². The van der Waals surface area contributed by atoms with Gasteiger partial charge in [-0.25, -0.2) is 9.97 Å². The molecular formula is C12H16N4O2. The average molecular weight is 248 g/mol.